The highest BCUT2D eigenvalue weighted by Gasteiger charge is 2.17. The predicted molar refractivity (Wildman–Crippen MR) is 55.6 cm³/mol. The number of aromatic nitrogens is 2. The number of benzene rings is 1. The molecule has 0 radical (unpaired) electrons. The highest BCUT2D eigenvalue weighted by Crippen LogP contribution is 2.16. The van der Waals surface area contributed by atoms with Gasteiger partial charge in [0.1, 0.15) is 5.82 Å². The average Bonchev–Trinajstić information content (AvgIpc) is 2.78. The van der Waals surface area contributed by atoms with E-state index in [9.17, 15) is 9.18 Å². The molecule has 0 aliphatic carbocycles. The molecule has 5 nitrogen and oxygen atoms in total. The standard InChI is InChI=1S/C11H9FN2O3/c1-2-16-11(15)10-13-9(14-17-10)7-4-3-5-8(12)6-7/h3-6H,2H2,1H3. The third-order valence-electron chi connectivity index (χ3n) is 1.96. The predicted octanol–water partition coefficient (Wildman–Crippen LogP) is 2.05. The minimum Gasteiger partial charge on any atom is -0.459 e. The first-order valence-electron chi connectivity index (χ1n) is 4.97. The molecule has 0 aliphatic rings. The van der Waals surface area contributed by atoms with Gasteiger partial charge in [-0.25, -0.2) is 9.18 Å². The van der Waals surface area contributed by atoms with Gasteiger partial charge in [-0.2, -0.15) is 4.98 Å². The molecule has 0 saturated heterocycles. The fraction of sp³-hybridized carbons (Fsp3) is 0.182. The molecule has 0 spiro atoms. The number of hydrogen-bond donors (Lipinski definition) is 0. The van der Waals surface area contributed by atoms with Crippen molar-refractivity contribution in [2.75, 3.05) is 6.61 Å². The third-order valence-corrected chi connectivity index (χ3v) is 1.96. The Morgan fingerprint density at radius 2 is 2.35 bits per heavy atom. The number of nitrogens with zero attached hydrogens (tertiary/aromatic N) is 2. The summed E-state index contributed by atoms with van der Waals surface area (Å²) in [6, 6.07) is 5.68. The van der Waals surface area contributed by atoms with Gasteiger partial charge in [-0.15, -0.1) is 0 Å². The zero-order valence-corrected chi connectivity index (χ0v) is 9.01. The van der Waals surface area contributed by atoms with Crippen molar-refractivity contribution >= 4 is 5.97 Å². The largest absolute Gasteiger partial charge is 0.459 e. The molecule has 1 aromatic carbocycles. The molecule has 6 heteroatoms. The topological polar surface area (TPSA) is 65.2 Å². The van der Waals surface area contributed by atoms with Crippen LogP contribution < -0.4 is 0 Å². The van der Waals surface area contributed by atoms with Gasteiger partial charge >= 0.3 is 11.9 Å². The smallest absolute Gasteiger partial charge is 0.397 e. The van der Waals surface area contributed by atoms with Gasteiger partial charge in [0.05, 0.1) is 6.61 Å². The molecule has 0 amide bonds. The van der Waals surface area contributed by atoms with Gasteiger partial charge < -0.3 is 9.26 Å². The van der Waals surface area contributed by atoms with Crippen LogP contribution in [0.5, 0.6) is 0 Å². The molecular weight excluding hydrogens is 227 g/mol. The van der Waals surface area contributed by atoms with E-state index in [-0.39, 0.29) is 18.3 Å². The van der Waals surface area contributed by atoms with Crippen LogP contribution in [0.1, 0.15) is 17.6 Å². The fourth-order valence-corrected chi connectivity index (χ4v) is 1.24. The van der Waals surface area contributed by atoms with Crippen LogP contribution in [-0.2, 0) is 4.74 Å². The molecule has 0 aliphatic heterocycles. The van der Waals surface area contributed by atoms with Gasteiger partial charge in [0.15, 0.2) is 0 Å². The summed E-state index contributed by atoms with van der Waals surface area (Å²) in [6.07, 6.45) is 0. The van der Waals surface area contributed by atoms with E-state index < -0.39 is 11.8 Å². The van der Waals surface area contributed by atoms with Crippen LogP contribution in [0, 0.1) is 5.82 Å². The molecule has 17 heavy (non-hydrogen) atoms. The SMILES string of the molecule is CCOC(=O)c1nc(-c2cccc(F)c2)no1. The molecule has 2 rings (SSSR count). The minimum atomic E-state index is -0.692. The van der Waals surface area contributed by atoms with Crippen LogP contribution in [0.2, 0.25) is 0 Å². The molecule has 0 atom stereocenters. The number of carbonyl (C=O) groups is 1. The van der Waals surface area contributed by atoms with Crippen LogP contribution in [0.25, 0.3) is 11.4 Å². The Labute approximate surface area is 96.2 Å². The van der Waals surface area contributed by atoms with Gasteiger partial charge in [0, 0.05) is 5.56 Å². The molecular formula is C11H9FN2O3. The van der Waals surface area contributed by atoms with E-state index in [2.05, 4.69) is 10.1 Å². The Kier molecular flexibility index (Phi) is 3.13. The average molecular weight is 236 g/mol. The second kappa shape index (κ2) is 4.73. The quantitative estimate of drug-likeness (QED) is 0.763. The van der Waals surface area contributed by atoms with Crippen molar-refractivity contribution in [3.8, 4) is 11.4 Å². The fourth-order valence-electron chi connectivity index (χ4n) is 1.24. The Hall–Kier alpha value is -2.24. The zero-order valence-electron chi connectivity index (χ0n) is 9.01. The van der Waals surface area contributed by atoms with Crippen molar-refractivity contribution in [2.24, 2.45) is 0 Å². The second-order valence-corrected chi connectivity index (χ2v) is 3.15. The van der Waals surface area contributed by atoms with Gasteiger partial charge in [0.2, 0.25) is 5.82 Å². The van der Waals surface area contributed by atoms with Crippen molar-refractivity contribution in [3.05, 3.63) is 36.0 Å². The summed E-state index contributed by atoms with van der Waals surface area (Å²) in [5.74, 6) is -1.20. The maximum absolute atomic E-state index is 13.0. The third kappa shape index (κ3) is 2.47. The first kappa shape index (κ1) is 11.3. The summed E-state index contributed by atoms with van der Waals surface area (Å²) in [6.45, 7) is 1.89. The van der Waals surface area contributed by atoms with E-state index >= 15 is 0 Å². The first-order chi connectivity index (χ1) is 8.20. The molecule has 0 fully saturated rings. The number of esters is 1. The number of ether oxygens (including phenoxy) is 1. The molecule has 1 heterocycles. The lowest BCUT2D eigenvalue weighted by atomic mass is 10.2. The van der Waals surface area contributed by atoms with Crippen molar-refractivity contribution in [3.63, 3.8) is 0 Å². The van der Waals surface area contributed by atoms with Crippen molar-refractivity contribution in [1.29, 1.82) is 0 Å². The second-order valence-electron chi connectivity index (χ2n) is 3.15. The minimum absolute atomic E-state index is 0.146. The van der Waals surface area contributed by atoms with Crippen LogP contribution in [0.3, 0.4) is 0 Å². The molecule has 2 aromatic rings. The molecule has 0 saturated carbocycles. The van der Waals surface area contributed by atoms with E-state index in [4.69, 9.17) is 9.26 Å². The lowest BCUT2D eigenvalue weighted by Crippen LogP contribution is -2.04. The van der Waals surface area contributed by atoms with Crippen LogP contribution >= 0.6 is 0 Å². The summed E-state index contributed by atoms with van der Waals surface area (Å²) in [5, 5.41) is 3.58. The van der Waals surface area contributed by atoms with Crippen molar-refractivity contribution in [1.82, 2.24) is 10.1 Å². The summed E-state index contributed by atoms with van der Waals surface area (Å²) in [4.78, 5) is 15.1. The summed E-state index contributed by atoms with van der Waals surface area (Å²) in [5.41, 5.74) is 0.435. The molecule has 88 valence electrons. The van der Waals surface area contributed by atoms with Crippen LogP contribution in [-0.4, -0.2) is 22.7 Å². The number of halogens is 1. The highest BCUT2D eigenvalue weighted by atomic mass is 19.1. The number of rotatable bonds is 3. The lowest BCUT2D eigenvalue weighted by Gasteiger charge is -1.94. The van der Waals surface area contributed by atoms with E-state index in [1.807, 2.05) is 0 Å². The Balaban J connectivity index is 2.27. The number of carbonyl (C=O) groups excluding carboxylic acids is 1. The van der Waals surface area contributed by atoms with Gasteiger partial charge in [-0.1, -0.05) is 17.3 Å². The Morgan fingerprint density at radius 3 is 3.06 bits per heavy atom. The Bertz CT molecular complexity index is 539. The highest BCUT2D eigenvalue weighted by molar-refractivity contribution is 5.84. The summed E-state index contributed by atoms with van der Waals surface area (Å²) >= 11 is 0. The van der Waals surface area contributed by atoms with E-state index in [1.54, 1.807) is 13.0 Å². The monoisotopic (exact) mass is 236 g/mol. The van der Waals surface area contributed by atoms with Crippen LogP contribution in [0.4, 0.5) is 4.39 Å². The van der Waals surface area contributed by atoms with Crippen molar-refractivity contribution in [2.45, 2.75) is 6.92 Å². The van der Waals surface area contributed by atoms with Gasteiger partial charge in [0.25, 0.3) is 0 Å². The summed E-state index contributed by atoms with van der Waals surface area (Å²) in [7, 11) is 0. The van der Waals surface area contributed by atoms with E-state index in [0.29, 0.717) is 5.56 Å². The lowest BCUT2D eigenvalue weighted by molar-refractivity contribution is 0.0470. The summed E-state index contributed by atoms with van der Waals surface area (Å²) < 4.78 is 22.4. The zero-order chi connectivity index (χ0) is 12.3. The molecule has 0 bridgehead atoms. The van der Waals surface area contributed by atoms with E-state index in [1.165, 1.54) is 18.2 Å². The molecule has 0 N–H and O–H groups in total. The molecule has 1 aromatic heterocycles. The number of hydrogen-bond acceptors (Lipinski definition) is 5. The maximum Gasteiger partial charge on any atom is 0.397 e. The van der Waals surface area contributed by atoms with Gasteiger partial charge in [-0.05, 0) is 19.1 Å². The normalized spacial score (nSPS) is 10.2. The first-order valence-corrected chi connectivity index (χ1v) is 4.97. The Morgan fingerprint density at radius 1 is 1.53 bits per heavy atom. The van der Waals surface area contributed by atoms with Gasteiger partial charge in [-0.3, -0.25) is 0 Å². The van der Waals surface area contributed by atoms with Crippen molar-refractivity contribution < 1.29 is 18.4 Å². The van der Waals surface area contributed by atoms with E-state index in [0.717, 1.165) is 0 Å². The maximum atomic E-state index is 13.0. The van der Waals surface area contributed by atoms with Crippen LogP contribution in [0.15, 0.2) is 28.8 Å². The molecule has 0 unspecified atom stereocenters.